The zero-order valence-electron chi connectivity index (χ0n) is 11.1. The van der Waals surface area contributed by atoms with E-state index in [1.54, 1.807) is 12.1 Å². The number of nitrogens with zero attached hydrogens (tertiary/aromatic N) is 1. The fourth-order valence-electron chi connectivity index (χ4n) is 1.80. The van der Waals surface area contributed by atoms with Gasteiger partial charge in [-0.3, -0.25) is 0 Å². The second kappa shape index (κ2) is 6.41. The van der Waals surface area contributed by atoms with Gasteiger partial charge < -0.3 is 9.47 Å². The second-order valence-electron chi connectivity index (χ2n) is 4.29. The molecule has 0 bridgehead atoms. The maximum atomic E-state index is 5.79. The number of rotatable bonds is 4. The summed E-state index contributed by atoms with van der Waals surface area (Å²) >= 11 is 3.37. The van der Waals surface area contributed by atoms with Crippen LogP contribution in [-0.4, -0.2) is 4.98 Å². The number of para-hydroxylation sites is 2. The molecule has 1 heterocycles. The smallest absolute Gasteiger partial charge is 0.224 e. The molecule has 3 aromatic rings. The molecule has 0 unspecified atom stereocenters. The predicted molar refractivity (Wildman–Crippen MR) is 85.0 cm³/mol. The van der Waals surface area contributed by atoms with E-state index in [-0.39, 0.29) is 0 Å². The average molecular weight is 342 g/mol. The quantitative estimate of drug-likeness (QED) is 0.593. The van der Waals surface area contributed by atoms with Crippen LogP contribution in [0.1, 0.15) is 0 Å². The van der Waals surface area contributed by atoms with Gasteiger partial charge in [0.15, 0.2) is 0 Å². The lowest BCUT2D eigenvalue weighted by atomic mass is 10.3. The molecule has 3 rings (SSSR count). The molecular weight excluding hydrogens is 330 g/mol. The van der Waals surface area contributed by atoms with Crippen molar-refractivity contribution in [3.8, 4) is 23.1 Å². The molecular formula is C17H12BrNO2. The van der Waals surface area contributed by atoms with Crippen LogP contribution in [0.4, 0.5) is 0 Å². The fraction of sp³-hybridized carbons (Fsp3) is 0. The minimum atomic E-state index is 0.474. The Labute approximate surface area is 131 Å². The van der Waals surface area contributed by atoms with Gasteiger partial charge in [-0.1, -0.05) is 36.4 Å². The maximum absolute atomic E-state index is 5.79. The van der Waals surface area contributed by atoms with E-state index in [2.05, 4.69) is 20.9 Å². The van der Waals surface area contributed by atoms with Crippen molar-refractivity contribution in [2.45, 2.75) is 0 Å². The van der Waals surface area contributed by atoms with Crippen LogP contribution in [0.25, 0.3) is 0 Å². The first-order chi connectivity index (χ1) is 10.3. The van der Waals surface area contributed by atoms with Gasteiger partial charge in [0.1, 0.15) is 21.9 Å². The Balaban J connectivity index is 1.83. The van der Waals surface area contributed by atoms with Crippen LogP contribution in [-0.2, 0) is 0 Å². The van der Waals surface area contributed by atoms with Crippen LogP contribution in [0.15, 0.2) is 77.4 Å². The third-order valence-corrected chi connectivity index (χ3v) is 3.09. The molecule has 0 N–H and O–H groups in total. The SMILES string of the molecule is Brc1cc(Oc2ccccc2)cc(Oc2ccccc2)n1. The molecule has 0 aliphatic heterocycles. The van der Waals surface area contributed by atoms with Gasteiger partial charge in [0.05, 0.1) is 0 Å². The van der Waals surface area contributed by atoms with E-state index in [9.17, 15) is 0 Å². The lowest BCUT2D eigenvalue weighted by Gasteiger charge is -2.09. The third-order valence-electron chi connectivity index (χ3n) is 2.69. The molecule has 2 aromatic carbocycles. The Morgan fingerprint density at radius 2 is 1.24 bits per heavy atom. The molecule has 0 fully saturated rings. The summed E-state index contributed by atoms with van der Waals surface area (Å²) in [5.74, 6) is 2.63. The third kappa shape index (κ3) is 3.83. The van der Waals surface area contributed by atoms with E-state index >= 15 is 0 Å². The number of halogens is 1. The molecule has 0 aliphatic rings. The Morgan fingerprint density at radius 1 is 0.667 bits per heavy atom. The average Bonchev–Trinajstić information content (AvgIpc) is 2.48. The molecule has 3 nitrogen and oxygen atoms in total. The molecule has 0 saturated carbocycles. The van der Waals surface area contributed by atoms with Gasteiger partial charge in [0, 0.05) is 12.1 Å². The normalized spacial score (nSPS) is 10.1. The van der Waals surface area contributed by atoms with Crippen molar-refractivity contribution < 1.29 is 9.47 Å². The van der Waals surface area contributed by atoms with Crippen LogP contribution >= 0.6 is 15.9 Å². The monoisotopic (exact) mass is 341 g/mol. The molecule has 21 heavy (non-hydrogen) atoms. The van der Waals surface area contributed by atoms with Crippen molar-refractivity contribution in [2.75, 3.05) is 0 Å². The first kappa shape index (κ1) is 13.6. The van der Waals surface area contributed by atoms with Crippen LogP contribution in [0.3, 0.4) is 0 Å². The summed E-state index contributed by atoms with van der Waals surface area (Å²) in [7, 11) is 0. The highest BCUT2D eigenvalue weighted by Gasteiger charge is 2.05. The molecule has 0 aliphatic carbocycles. The van der Waals surface area contributed by atoms with Gasteiger partial charge in [0.25, 0.3) is 0 Å². The minimum absolute atomic E-state index is 0.474. The van der Waals surface area contributed by atoms with Gasteiger partial charge in [0.2, 0.25) is 5.88 Å². The molecule has 0 amide bonds. The summed E-state index contributed by atoms with van der Waals surface area (Å²) < 4.78 is 12.2. The first-order valence-corrected chi connectivity index (χ1v) is 7.22. The van der Waals surface area contributed by atoms with Crippen LogP contribution in [0.2, 0.25) is 0 Å². The Morgan fingerprint density at radius 3 is 1.86 bits per heavy atom. The number of pyridine rings is 1. The van der Waals surface area contributed by atoms with Crippen LogP contribution in [0, 0.1) is 0 Å². The Kier molecular flexibility index (Phi) is 4.17. The first-order valence-electron chi connectivity index (χ1n) is 6.43. The topological polar surface area (TPSA) is 31.4 Å². The number of ether oxygens (including phenoxy) is 2. The van der Waals surface area contributed by atoms with Crippen molar-refractivity contribution in [3.05, 3.63) is 77.4 Å². The van der Waals surface area contributed by atoms with Gasteiger partial charge in [-0.15, -0.1) is 0 Å². The molecule has 0 atom stereocenters. The van der Waals surface area contributed by atoms with Crippen LogP contribution in [0.5, 0.6) is 23.1 Å². The van der Waals surface area contributed by atoms with E-state index in [0.29, 0.717) is 16.2 Å². The van der Waals surface area contributed by atoms with Gasteiger partial charge in [-0.05, 0) is 40.2 Å². The largest absolute Gasteiger partial charge is 0.457 e. The summed E-state index contributed by atoms with van der Waals surface area (Å²) in [5.41, 5.74) is 0. The van der Waals surface area contributed by atoms with E-state index < -0.39 is 0 Å². The highest BCUT2D eigenvalue weighted by atomic mass is 79.9. The van der Waals surface area contributed by atoms with Crippen molar-refractivity contribution in [2.24, 2.45) is 0 Å². The lowest BCUT2D eigenvalue weighted by molar-refractivity contribution is 0.445. The van der Waals surface area contributed by atoms with E-state index in [1.807, 2.05) is 60.7 Å². The highest BCUT2D eigenvalue weighted by Crippen LogP contribution is 2.29. The number of hydrogen-bond donors (Lipinski definition) is 0. The lowest BCUT2D eigenvalue weighted by Crippen LogP contribution is -1.91. The maximum Gasteiger partial charge on any atom is 0.224 e. The number of benzene rings is 2. The summed E-state index contributed by atoms with van der Waals surface area (Å²) in [5, 5.41) is 0. The van der Waals surface area contributed by atoms with E-state index in [4.69, 9.17) is 9.47 Å². The minimum Gasteiger partial charge on any atom is -0.457 e. The summed E-state index contributed by atoms with van der Waals surface area (Å²) in [6.45, 7) is 0. The van der Waals surface area contributed by atoms with Gasteiger partial charge >= 0.3 is 0 Å². The fourth-order valence-corrected chi connectivity index (χ4v) is 2.20. The van der Waals surface area contributed by atoms with Gasteiger partial charge in [-0.25, -0.2) is 4.98 Å². The zero-order chi connectivity index (χ0) is 14.5. The highest BCUT2D eigenvalue weighted by molar-refractivity contribution is 9.10. The molecule has 1 aromatic heterocycles. The van der Waals surface area contributed by atoms with Gasteiger partial charge in [-0.2, -0.15) is 0 Å². The summed E-state index contributed by atoms with van der Waals surface area (Å²) in [6.07, 6.45) is 0. The van der Waals surface area contributed by atoms with Crippen molar-refractivity contribution in [1.29, 1.82) is 0 Å². The second-order valence-corrected chi connectivity index (χ2v) is 5.11. The Hall–Kier alpha value is -2.33. The molecule has 0 spiro atoms. The number of hydrogen-bond acceptors (Lipinski definition) is 3. The van der Waals surface area contributed by atoms with E-state index in [0.717, 1.165) is 11.5 Å². The Bertz CT molecular complexity index is 658. The molecule has 4 heteroatoms. The van der Waals surface area contributed by atoms with E-state index in [1.165, 1.54) is 0 Å². The van der Waals surface area contributed by atoms with Crippen molar-refractivity contribution in [3.63, 3.8) is 0 Å². The molecule has 0 radical (unpaired) electrons. The number of aromatic nitrogens is 1. The molecule has 0 saturated heterocycles. The van der Waals surface area contributed by atoms with Crippen molar-refractivity contribution in [1.82, 2.24) is 4.98 Å². The van der Waals surface area contributed by atoms with Crippen LogP contribution < -0.4 is 9.47 Å². The van der Waals surface area contributed by atoms with Crippen molar-refractivity contribution >= 4 is 15.9 Å². The predicted octanol–water partition coefficient (Wildman–Crippen LogP) is 5.43. The summed E-state index contributed by atoms with van der Waals surface area (Å²) in [6, 6.07) is 22.6. The molecule has 104 valence electrons. The zero-order valence-corrected chi connectivity index (χ0v) is 12.7. The summed E-state index contributed by atoms with van der Waals surface area (Å²) in [4.78, 5) is 4.29. The standard InChI is InChI=1S/C17H12BrNO2/c18-16-11-15(20-13-7-3-1-4-8-13)12-17(19-16)21-14-9-5-2-6-10-14/h1-12H.